The van der Waals surface area contributed by atoms with E-state index in [1.54, 1.807) is 30.7 Å². The second-order valence-electron chi connectivity index (χ2n) is 7.22. The first-order valence-corrected chi connectivity index (χ1v) is 11.2. The van der Waals surface area contributed by atoms with Crippen LogP contribution in [-0.4, -0.2) is 38.0 Å². The van der Waals surface area contributed by atoms with Crippen LogP contribution in [0.5, 0.6) is 11.5 Å². The molecule has 0 bridgehead atoms. The summed E-state index contributed by atoms with van der Waals surface area (Å²) in [6.45, 7) is 6.25. The number of hydrogen-bond donors (Lipinski definition) is 1. The second-order valence-corrected chi connectivity index (χ2v) is 8.17. The van der Waals surface area contributed by atoms with E-state index in [2.05, 4.69) is 15.5 Å². The maximum atomic E-state index is 12.3. The van der Waals surface area contributed by atoms with Gasteiger partial charge < -0.3 is 19.4 Å². The number of ether oxygens (including phenoxy) is 2. The first-order chi connectivity index (χ1) is 15.8. The van der Waals surface area contributed by atoms with Gasteiger partial charge in [-0.3, -0.25) is 14.9 Å². The molecule has 0 saturated carbocycles. The van der Waals surface area contributed by atoms with Gasteiger partial charge in [0.05, 0.1) is 17.3 Å². The molecule has 0 atom stereocenters. The number of anilines is 1. The van der Waals surface area contributed by atoms with E-state index in [1.807, 2.05) is 32.0 Å². The Balaban J connectivity index is 1.58. The Hall–Kier alpha value is -3.60. The minimum absolute atomic E-state index is 0.0422. The standard InChI is InChI=1S/C22H25N5O5S/c1-5-31-19-10-14(2)6-9-18(19)32-12-20-24-25-22(26(20)4)33-13-21(28)23-16-8-7-15(3)17(11-16)27(29)30/h6-11H,5,12-13H2,1-4H3,(H,23,28). The molecule has 0 fully saturated rings. The Morgan fingerprint density at radius 2 is 1.94 bits per heavy atom. The molecule has 0 aliphatic heterocycles. The summed E-state index contributed by atoms with van der Waals surface area (Å²) in [4.78, 5) is 22.9. The first kappa shape index (κ1) is 24.1. The Labute approximate surface area is 195 Å². The Morgan fingerprint density at radius 3 is 2.67 bits per heavy atom. The lowest BCUT2D eigenvalue weighted by Crippen LogP contribution is -2.15. The summed E-state index contributed by atoms with van der Waals surface area (Å²) < 4.78 is 13.3. The fraction of sp³-hybridized carbons (Fsp3) is 0.318. The monoisotopic (exact) mass is 471 g/mol. The average Bonchev–Trinajstić information content (AvgIpc) is 3.12. The summed E-state index contributed by atoms with van der Waals surface area (Å²) in [5.74, 6) is 1.64. The summed E-state index contributed by atoms with van der Waals surface area (Å²) in [5, 5.41) is 22.6. The maximum Gasteiger partial charge on any atom is 0.274 e. The second kappa shape index (κ2) is 10.8. The van der Waals surface area contributed by atoms with Crippen molar-refractivity contribution in [1.82, 2.24) is 14.8 Å². The molecular weight excluding hydrogens is 446 g/mol. The smallest absolute Gasteiger partial charge is 0.274 e. The molecule has 1 amide bonds. The van der Waals surface area contributed by atoms with E-state index in [4.69, 9.17) is 9.47 Å². The van der Waals surface area contributed by atoms with Gasteiger partial charge in [0.2, 0.25) is 5.91 Å². The van der Waals surface area contributed by atoms with E-state index in [-0.39, 0.29) is 24.0 Å². The molecule has 3 rings (SSSR count). The lowest BCUT2D eigenvalue weighted by molar-refractivity contribution is -0.385. The number of nitro groups is 1. The van der Waals surface area contributed by atoms with Gasteiger partial charge in [-0.15, -0.1) is 10.2 Å². The van der Waals surface area contributed by atoms with Crippen LogP contribution in [0.15, 0.2) is 41.6 Å². The number of carbonyl (C=O) groups excluding carboxylic acids is 1. The molecule has 0 saturated heterocycles. The molecule has 0 aliphatic rings. The van der Waals surface area contributed by atoms with Gasteiger partial charge in [0.15, 0.2) is 22.5 Å². The molecule has 174 valence electrons. The number of rotatable bonds is 10. The van der Waals surface area contributed by atoms with E-state index in [0.29, 0.717) is 40.3 Å². The van der Waals surface area contributed by atoms with Crippen LogP contribution < -0.4 is 14.8 Å². The molecule has 10 nitrogen and oxygen atoms in total. The van der Waals surface area contributed by atoms with Gasteiger partial charge in [-0.1, -0.05) is 23.9 Å². The van der Waals surface area contributed by atoms with Crippen LogP contribution in [0.25, 0.3) is 0 Å². The minimum atomic E-state index is -0.475. The number of nitro benzene ring substituents is 1. The largest absolute Gasteiger partial charge is 0.490 e. The molecule has 1 N–H and O–H groups in total. The minimum Gasteiger partial charge on any atom is -0.490 e. The number of nitrogens with one attached hydrogen (secondary N) is 1. The average molecular weight is 472 g/mol. The third kappa shape index (κ3) is 6.22. The molecule has 2 aromatic carbocycles. The van der Waals surface area contributed by atoms with Crippen LogP contribution in [0, 0.1) is 24.0 Å². The van der Waals surface area contributed by atoms with Crippen molar-refractivity contribution in [3.05, 3.63) is 63.5 Å². The molecular formula is C22H25N5O5S. The van der Waals surface area contributed by atoms with Gasteiger partial charge in [0, 0.05) is 24.4 Å². The van der Waals surface area contributed by atoms with Gasteiger partial charge in [0.1, 0.15) is 6.61 Å². The fourth-order valence-electron chi connectivity index (χ4n) is 2.95. The van der Waals surface area contributed by atoms with Crippen LogP contribution in [0.4, 0.5) is 11.4 Å². The molecule has 0 radical (unpaired) electrons. The molecule has 0 unspecified atom stereocenters. The normalized spacial score (nSPS) is 10.7. The van der Waals surface area contributed by atoms with E-state index in [9.17, 15) is 14.9 Å². The number of carbonyl (C=O) groups is 1. The molecule has 0 aliphatic carbocycles. The third-order valence-corrected chi connectivity index (χ3v) is 5.72. The molecule has 1 heterocycles. The van der Waals surface area contributed by atoms with Gasteiger partial charge >= 0.3 is 0 Å². The van der Waals surface area contributed by atoms with Gasteiger partial charge in [-0.05, 0) is 44.5 Å². The Morgan fingerprint density at radius 1 is 1.15 bits per heavy atom. The quantitative estimate of drug-likeness (QED) is 0.267. The molecule has 1 aromatic heterocycles. The number of aromatic nitrogens is 3. The number of amides is 1. The summed E-state index contributed by atoms with van der Waals surface area (Å²) in [7, 11) is 1.79. The van der Waals surface area contributed by atoms with Crippen molar-refractivity contribution in [1.29, 1.82) is 0 Å². The highest BCUT2D eigenvalue weighted by Crippen LogP contribution is 2.29. The zero-order valence-electron chi connectivity index (χ0n) is 18.8. The van der Waals surface area contributed by atoms with E-state index >= 15 is 0 Å². The van der Waals surface area contributed by atoms with Crippen molar-refractivity contribution in [2.24, 2.45) is 7.05 Å². The lowest BCUT2D eigenvalue weighted by atomic mass is 10.2. The zero-order valence-corrected chi connectivity index (χ0v) is 19.6. The van der Waals surface area contributed by atoms with Gasteiger partial charge in [-0.2, -0.15) is 0 Å². The SMILES string of the molecule is CCOc1cc(C)ccc1OCc1nnc(SCC(=O)Nc2ccc(C)c([N+](=O)[O-])c2)n1C. The first-order valence-electron chi connectivity index (χ1n) is 10.2. The Bertz CT molecular complexity index is 1160. The number of thioether (sulfide) groups is 1. The van der Waals surface area contributed by atoms with Crippen molar-refractivity contribution < 1.29 is 19.2 Å². The van der Waals surface area contributed by atoms with Gasteiger partial charge in [0.25, 0.3) is 5.69 Å². The molecule has 11 heteroatoms. The topological polar surface area (TPSA) is 121 Å². The van der Waals surface area contributed by atoms with E-state index < -0.39 is 4.92 Å². The highest BCUT2D eigenvalue weighted by atomic mass is 32.2. The predicted molar refractivity (Wildman–Crippen MR) is 125 cm³/mol. The van der Waals surface area contributed by atoms with Crippen LogP contribution in [0.3, 0.4) is 0 Å². The third-order valence-electron chi connectivity index (χ3n) is 4.70. The number of nitrogens with zero attached hydrogens (tertiary/aromatic N) is 4. The number of aryl methyl sites for hydroxylation is 2. The van der Waals surface area contributed by atoms with Crippen LogP contribution in [0.1, 0.15) is 23.9 Å². The maximum absolute atomic E-state index is 12.3. The summed E-state index contributed by atoms with van der Waals surface area (Å²) >= 11 is 1.21. The number of benzene rings is 2. The lowest BCUT2D eigenvalue weighted by Gasteiger charge is -2.12. The van der Waals surface area contributed by atoms with Crippen molar-refractivity contribution in [2.75, 3.05) is 17.7 Å². The predicted octanol–water partition coefficient (Wildman–Crippen LogP) is 4.05. The van der Waals surface area contributed by atoms with E-state index in [1.165, 1.54) is 17.8 Å². The Kier molecular flexibility index (Phi) is 7.88. The highest BCUT2D eigenvalue weighted by molar-refractivity contribution is 7.99. The van der Waals surface area contributed by atoms with Crippen molar-refractivity contribution >= 4 is 29.0 Å². The van der Waals surface area contributed by atoms with Crippen LogP contribution in [0.2, 0.25) is 0 Å². The van der Waals surface area contributed by atoms with Gasteiger partial charge in [-0.25, -0.2) is 0 Å². The van der Waals surface area contributed by atoms with Crippen molar-refractivity contribution in [2.45, 2.75) is 32.5 Å². The zero-order chi connectivity index (χ0) is 24.0. The highest BCUT2D eigenvalue weighted by Gasteiger charge is 2.15. The van der Waals surface area contributed by atoms with Crippen LogP contribution >= 0.6 is 11.8 Å². The molecule has 3 aromatic rings. The fourth-order valence-corrected chi connectivity index (χ4v) is 3.68. The summed E-state index contributed by atoms with van der Waals surface area (Å²) in [6, 6.07) is 10.3. The summed E-state index contributed by atoms with van der Waals surface area (Å²) in [5.41, 5.74) is 1.93. The van der Waals surface area contributed by atoms with E-state index in [0.717, 1.165) is 5.56 Å². The van der Waals surface area contributed by atoms with Crippen molar-refractivity contribution in [3.63, 3.8) is 0 Å². The summed E-state index contributed by atoms with van der Waals surface area (Å²) in [6.07, 6.45) is 0. The molecule has 0 spiro atoms. The van der Waals surface area contributed by atoms with Crippen LogP contribution in [-0.2, 0) is 18.4 Å². The van der Waals surface area contributed by atoms with Crippen molar-refractivity contribution in [3.8, 4) is 11.5 Å². The molecule has 33 heavy (non-hydrogen) atoms. The number of hydrogen-bond acceptors (Lipinski definition) is 8.